The van der Waals surface area contributed by atoms with E-state index in [2.05, 4.69) is 16.9 Å². The molecule has 2 aromatic rings. The fourth-order valence-corrected chi connectivity index (χ4v) is 3.92. The van der Waals surface area contributed by atoms with E-state index in [9.17, 15) is 14.0 Å². The fraction of sp³-hybridized carbons (Fsp3) is 0.227. The number of halogens is 1. The van der Waals surface area contributed by atoms with Crippen LogP contribution in [0.5, 0.6) is 5.75 Å². The van der Waals surface area contributed by atoms with E-state index in [1.54, 1.807) is 42.5 Å². The lowest BCUT2D eigenvalue weighted by atomic mass is 10.2. The zero-order valence-corrected chi connectivity index (χ0v) is 17.3. The Balaban J connectivity index is 1.79. The molecule has 156 valence electrons. The second-order valence-electron chi connectivity index (χ2n) is 6.40. The van der Waals surface area contributed by atoms with E-state index in [1.807, 2.05) is 6.92 Å². The highest BCUT2D eigenvalue weighted by Crippen LogP contribution is 2.30. The molecular formula is C22H22FN3O3S. The lowest BCUT2D eigenvalue weighted by Gasteiger charge is -2.31. The molecule has 1 fully saturated rings. The van der Waals surface area contributed by atoms with Gasteiger partial charge < -0.3 is 10.1 Å². The van der Waals surface area contributed by atoms with Gasteiger partial charge in [-0.15, -0.1) is 6.58 Å². The summed E-state index contributed by atoms with van der Waals surface area (Å²) >= 11 is 1.13. The van der Waals surface area contributed by atoms with Crippen molar-refractivity contribution in [3.05, 3.63) is 67.0 Å². The average Bonchev–Trinajstić information content (AvgIpc) is 2.73. The summed E-state index contributed by atoms with van der Waals surface area (Å²) in [5.74, 6) is -0.387. The van der Waals surface area contributed by atoms with Crippen LogP contribution < -0.4 is 10.1 Å². The lowest BCUT2D eigenvalue weighted by Crippen LogP contribution is -2.45. The lowest BCUT2D eigenvalue weighted by molar-refractivity contribution is -0.129. The first-order valence-electron chi connectivity index (χ1n) is 9.46. The van der Waals surface area contributed by atoms with Crippen molar-refractivity contribution in [1.82, 2.24) is 4.90 Å². The van der Waals surface area contributed by atoms with Crippen molar-refractivity contribution in [2.24, 2.45) is 4.99 Å². The number of para-hydroxylation sites is 1. The minimum atomic E-state index is -0.685. The van der Waals surface area contributed by atoms with Gasteiger partial charge in [0.1, 0.15) is 22.5 Å². The maximum absolute atomic E-state index is 14.1. The largest absolute Gasteiger partial charge is 0.494 e. The van der Waals surface area contributed by atoms with Gasteiger partial charge in [0.05, 0.1) is 6.61 Å². The third-order valence-electron chi connectivity index (χ3n) is 4.25. The number of thioether (sulfide) groups is 1. The van der Waals surface area contributed by atoms with Gasteiger partial charge in [-0.05, 0) is 43.3 Å². The van der Waals surface area contributed by atoms with E-state index in [4.69, 9.17) is 4.74 Å². The number of hydrogen-bond acceptors (Lipinski definition) is 5. The van der Waals surface area contributed by atoms with Crippen molar-refractivity contribution in [3.63, 3.8) is 0 Å². The molecule has 1 atom stereocenters. The predicted molar refractivity (Wildman–Crippen MR) is 118 cm³/mol. The molecule has 0 saturated carbocycles. The standard InChI is InChI=1S/C22H22FN3O3S/c1-3-13-26-20(27)14-19(30-22(26)25-18-8-6-5-7-17(18)23)21(28)24-15-9-11-16(12-10-15)29-4-2/h3,5-12,19H,1,4,13-14H2,2H3,(H,24,28). The normalized spacial score (nSPS) is 17.7. The number of amidine groups is 1. The monoisotopic (exact) mass is 427 g/mol. The number of ether oxygens (including phenoxy) is 1. The van der Waals surface area contributed by atoms with Gasteiger partial charge in [-0.1, -0.05) is 30.0 Å². The first-order valence-corrected chi connectivity index (χ1v) is 10.3. The number of nitrogens with one attached hydrogen (secondary N) is 1. The van der Waals surface area contributed by atoms with Crippen molar-refractivity contribution in [1.29, 1.82) is 0 Å². The van der Waals surface area contributed by atoms with Gasteiger partial charge >= 0.3 is 0 Å². The van der Waals surface area contributed by atoms with E-state index in [-0.39, 0.29) is 35.6 Å². The van der Waals surface area contributed by atoms with Gasteiger partial charge in [0, 0.05) is 18.7 Å². The topological polar surface area (TPSA) is 71.0 Å². The van der Waals surface area contributed by atoms with Crippen LogP contribution >= 0.6 is 11.8 Å². The Morgan fingerprint density at radius 1 is 1.33 bits per heavy atom. The minimum absolute atomic E-state index is 0.0116. The summed E-state index contributed by atoms with van der Waals surface area (Å²) in [6, 6.07) is 13.0. The van der Waals surface area contributed by atoms with Crippen molar-refractivity contribution in [2.75, 3.05) is 18.5 Å². The van der Waals surface area contributed by atoms with Crippen molar-refractivity contribution in [2.45, 2.75) is 18.6 Å². The van der Waals surface area contributed by atoms with Crippen LogP contribution in [0.25, 0.3) is 0 Å². The molecule has 1 aliphatic rings. The number of hydrogen-bond donors (Lipinski definition) is 1. The van der Waals surface area contributed by atoms with Crippen LogP contribution in [-0.2, 0) is 9.59 Å². The minimum Gasteiger partial charge on any atom is -0.494 e. The van der Waals surface area contributed by atoms with Gasteiger partial charge in [-0.2, -0.15) is 0 Å². The molecule has 0 spiro atoms. The first kappa shape index (κ1) is 21.6. The molecule has 30 heavy (non-hydrogen) atoms. The quantitative estimate of drug-likeness (QED) is 0.666. The van der Waals surface area contributed by atoms with Gasteiger partial charge in [0.25, 0.3) is 0 Å². The number of anilines is 1. The molecule has 0 radical (unpaired) electrons. The van der Waals surface area contributed by atoms with E-state index in [0.29, 0.717) is 18.0 Å². The fourth-order valence-electron chi connectivity index (χ4n) is 2.82. The number of amides is 2. The van der Waals surface area contributed by atoms with Crippen LogP contribution in [0.15, 0.2) is 66.2 Å². The first-order chi connectivity index (χ1) is 14.5. The zero-order valence-electron chi connectivity index (χ0n) is 16.5. The van der Waals surface area contributed by atoms with Crippen LogP contribution in [0.1, 0.15) is 13.3 Å². The molecule has 0 bridgehead atoms. The van der Waals surface area contributed by atoms with Gasteiger partial charge in [0.15, 0.2) is 5.17 Å². The van der Waals surface area contributed by atoms with E-state index < -0.39 is 11.1 Å². The Hall–Kier alpha value is -3.13. The molecule has 0 aliphatic carbocycles. The van der Waals surface area contributed by atoms with Crippen LogP contribution in [0.4, 0.5) is 15.8 Å². The Labute approximate surface area is 178 Å². The number of nitrogens with zero attached hydrogens (tertiary/aromatic N) is 2. The number of aliphatic imine (C=N–C) groups is 1. The van der Waals surface area contributed by atoms with Crippen LogP contribution in [0, 0.1) is 5.82 Å². The summed E-state index contributed by atoms with van der Waals surface area (Å²) < 4.78 is 19.4. The number of carbonyl (C=O) groups is 2. The molecule has 1 aliphatic heterocycles. The van der Waals surface area contributed by atoms with Crippen LogP contribution in [-0.4, -0.2) is 40.3 Å². The summed E-state index contributed by atoms with van der Waals surface area (Å²) in [7, 11) is 0. The Morgan fingerprint density at radius 2 is 2.07 bits per heavy atom. The van der Waals surface area contributed by atoms with Crippen LogP contribution in [0.3, 0.4) is 0 Å². The maximum Gasteiger partial charge on any atom is 0.238 e. The molecule has 2 amide bonds. The second-order valence-corrected chi connectivity index (χ2v) is 7.57. The second kappa shape index (κ2) is 10.1. The van der Waals surface area contributed by atoms with Gasteiger partial charge in [-0.25, -0.2) is 9.38 Å². The Morgan fingerprint density at radius 3 is 2.73 bits per heavy atom. The Bertz CT molecular complexity index is 962. The highest BCUT2D eigenvalue weighted by Gasteiger charge is 2.35. The number of carbonyl (C=O) groups excluding carboxylic acids is 2. The van der Waals surface area contributed by atoms with E-state index >= 15 is 0 Å². The third kappa shape index (κ3) is 5.27. The SMILES string of the molecule is C=CCN1C(=O)CC(C(=O)Nc2ccc(OCC)cc2)SC1=Nc1ccccc1F. The highest BCUT2D eigenvalue weighted by atomic mass is 32.2. The average molecular weight is 428 g/mol. The number of benzene rings is 2. The highest BCUT2D eigenvalue weighted by molar-refractivity contribution is 8.15. The zero-order chi connectivity index (χ0) is 21.5. The molecule has 0 aromatic heterocycles. The van der Waals surface area contributed by atoms with Crippen LogP contribution in [0.2, 0.25) is 0 Å². The molecule has 8 heteroatoms. The summed E-state index contributed by atoms with van der Waals surface area (Å²) in [5.41, 5.74) is 0.701. The predicted octanol–water partition coefficient (Wildman–Crippen LogP) is 4.37. The molecule has 1 N–H and O–H groups in total. The smallest absolute Gasteiger partial charge is 0.238 e. The number of rotatable bonds is 7. The molecule has 1 saturated heterocycles. The summed E-state index contributed by atoms with van der Waals surface area (Å²) in [6.45, 7) is 6.33. The molecule has 3 rings (SSSR count). The van der Waals surface area contributed by atoms with Crippen molar-refractivity contribution >= 4 is 40.1 Å². The molecule has 1 unspecified atom stereocenters. The third-order valence-corrected chi connectivity index (χ3v) is 5.43. The van der Waals surface area contributed by atoms with Crippen molar-refractivity contribution < 1.29 is 18.7 Å². The molecular weight excluding hydrogens is 405 g/mol. The van der Waals surface area contributed by atoms with Crippen molar-refractivity contribution in [3.8, 4) is 5.75 Å². The Kier molecular flexibility index (Phi) is 7.24. The summed E-state index contributed by atoms with van der Waals surface area (Å²) in [4.78, 5) is 31.1. The van der Waals surface area contributed by atoms with E-state index in [0.717, 1.165) is 11.8 Å². The maximum atomic E-state index is 14.1. The molecule has 1 heterocycles. The van der Waals surface area contributed by atoms with E-state index in [1.165, 1.54) is 17.0 Å². The summed E-state index contributed by atoms with van der Waals surface area (Å²) in [5, 5.41) is 2.39. The van der Waals surface area contributed by atoms with Gasteiger partial charge in [-0.3, -0.25) is 14.5 Å². The molecule has 6 nitrogen and oxygen atoms in total. The summed E-state index contributed by atoms with van der Waals surface area (Å²) in [6.07, 6.45) is 1.58. The van der Waals surface area contributed by atoms with Gasteiger partial charge in [0.2, 0.25) is 11.8 Å². The molecule has 2 aromatic carbocycles.